The second-order valence-corrected chi connectivity index (χ2v) is 5.08. The van der Waals surface area contributed by atoms with Crippen molar-refractivity contribution in [3.8, 4) is 0 Å². The molecule has 0 spiro atoms. The van der Waals surface area contributed by atoms with Crippen molar-refractivity contribution in [2.75, 3.05) is 0 Å². The van der Waals surface area contributed by atoms with E-state index in [-0.39, 0.29) is 28.7 Å². The molecule has 0 radical (unpaired) electrons. The Labute approximate surface area is 114 Å². The molecule has 0 saturated heterocycles. The van der Waals surface area contributed by atoms with Crippen molar-refractivity contribution in [1.82, 2.24) is 0 Å². The van der Waals surface area contributed by atoms with Gasteiger partial charge in [0.15, 0.2) is 17.3 Å². The smallest absolute Gasteiger partial charge is 0.229 e. The van der Waals surface area contributed by atoms with Crippen LogP contribution < -0.4 is 0 Å². The first-order chi connectivity index (χ1) is 9.68. The molecule has 2 aromatic rings. The van der Waals surface area contributed by atoms with Crippen LogP contribution in [-0.2, 0) is 6.42 Å². The average Bonchev–Trinajstić information content (AvgIpc) is 2.86. The molecule has 0 saturated carbocycles. The van der Waals surface area contributed by atoms with E-state index in [1.165, 1.54) is 0 Å². The van der Waals surface area contributed by atoms with Crippen molar-refractivity contribution >= 4 is 17.3 Å². The lowest BCUT2D eigenvalue weighted by Crippen LogP contribution is -2.22. The minimum Gasteiger partial charge on any atom is -0.456 e. The highest BCUT2D eigenvalue weighted by atomic mass is 16.4. The number of hydrogen-bond acceptors (Lipinski definition) is 4. The van der Waals surface area contributed by atoms with Gasteiger partial charge in [0.25, 0.3) is 0 Å². The predicted octanol–water partition coefficient (Wildman–Crippen LogP) is 2.57. The van der Waals surface area contributed by atoms with Crippen LogP contribution in [0.15, 0.2) is 28.7 Å². The fourth-order valence-corrected chi connectivity index (χ4v) is 3.00. The maximum Gasteiger partial charge on any atom is 0.229 e. The summed E-state index contributed by atoms with van der Waals surface area (Å²) in [6.07, 6.45) is 1.71. The standard InChI is InChI=1S/C16H10O4/c17-10-6-3-7-11-12(10)13-14(18)8-4-1-2-5-9(8)15(19)16(13)20-11/h1-2,4-5H,3,6-7H2. The fourth-order valence-electron chi connectivity index (χ4n) is 3.00. The highest BCUT2D eigenvalue weighted by Gasteiger charge is 2.39. The molecular formula is C16H10O4. The van der Waals surface area contributed by atoms with E-state index < -0.39 is 0 Å². The van der Waals surface area contributed by atoms with E-state index in [1.807, 2.05) is 0 Å². The van der Waals surface area contributed by atoms with E-state index >= 15 is 0 Å². The van der Waals surface area contributed by atoms with E-state index in [9.17, 15) is 14.4 Å². The Morgan fingerprint density at radius 2 is 1.55 bits per heavy atom. The number of hydrogen-bond donors (Lipinski definition) is 0. The summed E-state index contributed by atoms with van der Waals surface area (Å²) in [4.78, 5) is 37.0. The molecule has 1 aromatic heterocycles. The van der Waals surface area contributed by atoms with Crippen LogP contribution in [0.2, 0.25) is 0 Å². The summed E-state index contributed by atoms with van der Waals surface area (Å²) in [5.41, 5.74) is 1.21. The van der Waals surface area contributed by atoms with Crippen molar-refractivity contribution in [1.29, 1.82) is 0 Å². The van der Waals surface area contributed by atoms with Crippen LogP contribution in [-0.4, -0.2) is 17.3 Å². The van der Waals surface area contributed by atoms with Crippen LogP contribution in [0.3, 0.4) is 0 Å². The summed E-state index contributed by atoms with van der Waals surface area (Å²) in [6, 6.07) is 6.65. The topological polar surface area (TPSA) is 64.3 Å². The number of ketones is 3. The molecule has 0 fully saturated rings. The van der Waals surface area contributed by atoms with Gasteiger partial charge in [0.1, 0.15) is 5.76 Å². The first kappa shape index (κ1) is 11.3. The zero-order valence-corrected chi connectivity index (χ0v) is 10.6. The number of rotatable bonds is 0. The number of aryl methyl sites for hydroxylation is 1. The first-order valence-electron chi connectivity index (χ1n) is 6.56. The van der Waals surface area contributed by atoms with Crippen LogP contribution in [0.5, 0.6) is 0 Å². The van der Waals surface area contributed by atoms with Gasteiger partial charge in [-0.05, 0) is 6.42 Å². The SMILES string of the molecule is O=C1c2ccccc2C(=O)c2c1oc1c2C(=O)CCC1. The molecule has 0 N–H and O–H groups in total. The van der Waals surface area contributed by atoms with Crippen molar-refractivity contribution in [2.24, 2.45) is 0 Å². The van der Waals surface area contributed by atoms with Gasteiger partial charge in [0.2, 0.25) is 5.78 Å². The molecule has 2 aliphatic carbocycles. The molecule has 1 aromatic carbocycles. The third-order valence-electron chi connectivity index (χ3n) is 3.92. The highest BCUT2D eigenvalue weighted by Crippen LogP contribution is 2.36. The van der Waals surface area contributed by atoms with Gasteiger partial charge < -0.3 is 4.42 Å². The maximum atomic E-state index is 12.6. The van der Waals surface area contributed by atoms with Gasteiger partial charge in [0, 0.05) is 24.0 Å². The molecule has 0 bridgehead atoms. The largest absolute Gasteiger partial charge is 0.456 e. The zero-order valence-electron chi connectivity index (χ0n) is 10.6. The first-order valence-corrected chi connectivity index (χ1v) is 6.56. The summed E-state index contributed by atoms with van der Waals surface area (Å²) < 4.78 is 5.55. The number of carbonyl (C=O) groups excluding carboxylic acids is 3. The molecule has 2 aliphatic rings. The lowest BCUT2D eigenvalue weighted by molar-refractivity contribution is 0.0951. The Morgan fingerprint density at radius 3 is 2.30 bits per heavy atom. The van der Waals surface area contributed by atoms with Crippen molar-refractivity contribution < 1.29 is 18.8 Å². The highest BCUT2D eigenvalue weighted by molar-refractivity contribution is 6.30. The Balaban J connectivity index is 2.04. The zero-order chi connectivity index (χ0) is 13.9. The average molecular weight is 266 g/mol. The Hall–Kier alpha value is -2.49. The van der Waals surface area contributed by atoms with Crippen LogP contribution >= 0.6 is 0 Å². The summed E-state index contributed by atoms with van der Waals surface area (Å²) in [5.74, 6) is -0.167. The predicted molar refractivity (Wildman–Crippen MR) is 69.3 cm³/mol. The van der Waals surface area contributed by atoms with E-state index in [2.05, 4.69) is 0 Å². The molecule has 4 rings (SSSR count). The van der Waals surface area contributed by atoms with Gasteiger partial charge in [-0.15, -0.1) is 0 Å². The molecule has 0 amide bonds. The van der Waals surface area contributed by atoms with E-state index in [0.29, 0.717) is 41.7 Å². The second kappa shape index (κ2) is 3.76. The van der Waals surface area contributed by atoms with E-state index in [0.717, 1.165) is 0 Å². The van der Waals surface area contributed by atoms with Gasteiger partial charge >= 0.3 is 0 Å². The normalized spacial score (nSPS) is 16.7. The van der Waals surface area contributed by atoms with Crippen LogP contribution in [0, 0.1) is 0 Å². The van der Waals surface area contributed by atoms with Crippen molar-refractivity contribution in [3.63, 3.8) is 0 Å². The Kier molecular flexibility index (Phi) is 2.13. The third-order valence-corrected chi connectivity index (χ3v) is 3.92. The Bertz CT molecular complexity index is 795. The number of benzene rings is 1. The summed E-state index contributed by atoms with van der Waals surface area (Å²) in [7, 11) is 0. The molecule has 1 heterocycles. The summed E-state index contributed by atoms with van der Waals surface area (Å²) in [5, 5.41) is 0. The summed E-state index contributed by atoms with van der Waals surface area (Å²) >= 11 is 0. The van der Waals surface area contributed by atoms with Crippen LogP contribution in [0.25, 0.3) is 0 Å². The van der Waals surface area contributed by atoms with E-state index in [4.69, 9.17) is 4.42 Å². The number of carbonyl (C=O) groups is 3. The molecule has 98 valence electrons. The minimum atomic E-state index is -0.308. The molecule has 0 atom stereocenters. The van der Waals surface area contributed by atoms with Gasteiger partial charge in [-0.25, -0.2) is 0 Å². The Morgan fingerprint density at radius 1 is 0.850 bits per heavy atom. The van der Waals surface area contributed by atoms with Crippen LogP contribution in [0.4, 0.5) is 0 Å². The summed E-state index contributed by atoms with van der Waals surface area (Å²) in [6.45, 7) is 0. The fraction of sp³-hybridized carbons (Fsp3) is 0.188. The molecular weight excluding hydrogens is 256 g/mol. The molecule has 4 heteroatoms. The molecule has 4 nitrogen and oxygen atoms in total. The lowest BCUT2D eigenvalue weighted by Gasteiger charge is -2.14. The molecule has 20 heavy (non-hydrogen) atoms. The quantitative estimate of drug-likeness (QED) is 0.627. The lowest BCUT2D eigenvalue weighted by atomic mass is 9.83. The second-order valence-electron chi connectivity index (χ2n) is 5.08. The van der Waals surface area contributed by atoms with Crippen molar-refractivity contribution in [2.45, 2.75) is 19.3 Å². The minimum absolute atomic E-state index is 0.0361. The molecule has 0 unspecified atom stereocenters. The van der Waals surface area contributed by atoms with Gasteiger partial charge in [-0.1, -0.05) is 24.3 Å². The van der Waals surface area contributed by atoms with Gasteiger partial charge in [-0.2, -0.15) is 0 Å². The number of Topliss-reactive ketones (excluding diaryl/α,β-unsaturated/α-hetero) is 1. The van der Waals surface area contributed by atoms with Crippen molar-refractivity contribution in [3.05, 3.63) is 58.0 Å². The number of furan rings is 1. The van der Waals surface area contributed by atoms with Crippen LogP contribution in [0.1, 0.15) is 61.0 Å². The van der Waals surface area contributed by atoms with Gasteiger partial charge in [0.05, 0.1) is 11.1 Å². The maximum absolute atomic E-state index is 12.6. The van der Waals surface area contributed by atoms with E-state index in [1.54, 1.807) is 24.3 Å². The monoisotopic (exact) mass is 266 g/mol. The molecule has 0 aliphatic heterocycles. The van der Waals surface area contributed by atoms with Gasteiger partial charge in [-0.3, -0.25) is 14.4 Å². The number of fused-ring (bicyclic) bond motifs is 4. The third kappa shape index (κ3) is 1.28.